The second-order valence-electron chi connectivity index (χ2n) is 4.72. The Balaban J connectivity index is 1.97. The summed E-state index contributed by atoms with van der Waals surface area (Å²) in [5.74, 6) is 0.264. The monoisotopic (exact) mass is 311 g/mol. The Morgan fingerprint density at radius 2 is 2.20 bits per heavy atom. The van der Waals surface area contributed by atoms with Gasteiger partial charge in [-0.05, 0) is 12.5 Å². The fraction of sp³-hybridized carbons (Fsp3) is 0.500. The number of carbonyl (C=O) groups excluding carboxylic acids is 1. The van der Waals surface area contributed by atoms with E-state index >= 15 is 0 Å². The number of hydrogen-bond acceptors (Lipinski definition) is 7. The van der Waals surface area contributed by atoms with Gasteiger partial charge < -0.3 is 5.73 Å². The zero-order valence-corrected chi connectivity index (χ0v) is 13.1. The lowest BCUT2D eigenvalue weighted by molar-refractivity contribution is 0.102. The molecule has 108 valence electrons. The summed E-state index contributed by atoms with van der Waals surface area (Å²) >= 11 is 2.84. The number of nitrogens with one attached hydrogen (secondary N) is 1. The van der Waals surface area contributed by atoms with Crippen LogP contribution in [0.15, 0.2) is 5.38 Å². The van der Waals surface area contributed by atoms with Crippen LogP contribution in [0.5, 0.6) is 0 Å². The highest BCUT2D eigenvalue weighted by molar-refractivity contribution is 7.15. The van der Waals surface area contributed by atoms with Crippen LogP contribution in [0, 0.1) is 5.92 Å². The highest BCUT2D eigenvalue weighted by Gasteiger charge is 2.13. The minimum atomic E-state index is -0.253. The molecule has 2 aromatic rings. The van der Waals surface area contributed by atoms with Gasteiger partial charge in [0.15, 0.2) is 0 Å². The van der Waals surface area contributed by atoms with Crippen LogP contribution in [0.25, 0.3) is 0 Å². The van der Waals surface area contributed by atoms with Crippen molar-refractivity contribution in [3.05, 3.63) is 21.1 Å². The average Bonchev–Trinajstić information content (AvgIpc) is 2.99. The van der Waals surface area contributed by atoms with Gasteiger partial charge in [-0.15, -0.1) is 21.5 Å². The molecule has 0 saturated heterocycles. The van der Waals surface area contributed by atoms with Crippen LogP contribution in [0.3, 0.4) is 0 Å². The quantitative estimate of drug-likeness (QED) is 0.850. The molecule has 0 unspecified atom stereocenters. The first-order valence-electron chi connectivity index (χ1n) is 6.36. The van der Waals surface area contributed by atoms with Crippen molar-refractivity contribution in [2.45, 2.75) is 26.7 Å². The molecule has 0 fully saturated rings. The summed E-state index contributed by atoms with van der Waals surface area (Å²) in [5, 5.41) is 14.8. The summed E-state index contributed by atoms with van der Waals surface area (Å²) in [6, 6.07) is 0. The second-order valence-corrected chi connectivity index (χ2v) is 6.72. The SMILES string of the molecule is CC(C)Cc1nnc(NC(=O)c2csc(CCN)n2)s1. The first-order valence-corrected chi connectivity index (χ1v) is 8.06. The van der Waals surface area contributed by atoms with Crippen LogP contribution in [0.4, 0.5) is 5.13 Å². The number of aromatic nitrogens is 3. The Hall–Kier alpha value is -1.38. The number of amides is 1. The third kappa shape index (κ3) is 4.06. The van der Waals surface area contributed by atoms with Gasteiger partial charge in [0.25, 0.3) is 5.91 Å². The number of nitrogens with zero attached hydrogens (tertiary/aromatic N) is 3. The van der Waals surface area contributed by atoms with Crippen LogP contribution in [-0.2, 0) is 12.8 Å². The van der Waals surface area contributed by atoms with Crippen molar-refractivity contribution in [2.75, 3.05) is 11.9 Å². The lowest BCUT2D eigenvalue weighted by Crippen LogP contribution is -2.12. The van der Waals surface area contributed by atoms with E-state index in [1.165, 1.54) is 22.7 Å². The van der Waals surface area contributed by atoms with E-state index < -0.39 is 0 Å². The molecule has 0 aliphatic rings. The van der Waals surface area contributed by atoms with Gasteiger partial charge in [0, 0.05) is 18.2 Å². The van der Waals surface area contributed by atoms with Gasteiger partial charge in [-0.25, -0.2) is 4.98 Å². The molecule has 6 nitrogen and oxygen atoms in total. The Morgan fingerprint density at radius 1 is 1.40 bits per heavy atom. The Morgan fingerprint density at radius 3 is 2.90 bits per heavy atom. The van der Waals surface area contributed by atoms with E-state index in [-0.39, 0.29) is 5.91 Å². The zero-order chi connectivity index (χ0) is 14.5. The molecule has 1 amide bonds. The molecule has 3 N–H and O–H groups in total. The summed E-state index contributed by atoms with van der Waals surface area (Å²) in [6.45, 7) is 4.77. The lowest BCUT2D eigenvalue weighted by Gasteiger charge is -1.98. The summed E-state index contributed by atoms with van der Waals surface area (Å²) in [6.07, 6.45) is 1.56. The third-order valence-corrected chi connectivity index (χ3v) is 4.18. The second kappa shape index (κ2) is 6.87. The van der Waals surface area contributed by atoms with Crippen LogP contribution < -0.4 is 11.1 Å². The summed E-state index contributed by atoms with van der Waals surface area (Å²) in [7, 11) is 0. The predicted molar refractivity (Wildman–Crippen MR) is 81.3 cm³/mol. The number of rotatable bonds is 6. The van der Waals surface area contributed by atoms with Crippen molar-refractivity contribution in [1.29, 1.82) is 0 Å². The number of hydrogen-bond donors (Lipinski definition) is 2. The molecule has 0 aliphatic heterocycles. The Bertz CT molecular complexity index is 578. The molecule has 0 radical (unpaired) electrons. The van der Waals surface area contributed by atoms with Gasteiger partial charge in [0.1, 0.15) is 10.7 Å². The van der Waals surface area contributed by atoms with Gasteiger partial charge in [-0.1, -0.05) is 25.2 Å². The maximum Gasteiger partial charge on any atom is 0.276 e. The maximum atomic E-state index is 12.0. The molecule has 0 spiro atoms. The molecule has 2 aromatic heterocycles. The van der Waals surface area contributed by atoms with Crippen molar-refractivity contribution in [3.8, 4) is 0 Å². The zero-order valence-electron chi connectivity index (χ0n) is 11.4. The van der Waals surface area contributed by atoms with Gasteiger partial charge in [-0.3, -0.25) is 10.1 Å². The molecule has 0 atom stereocenters. The maximum absolute atomic E-state index is 12.0. The molecule has 0 aliphatic carbocycles. The molecule has 2 rings (SSSR count). The first-order chi connectivity index (χ1) is 9.58. The molecule has 0 bridgehead atoms. The van der Waals surface area contributed by atoms with Gasteiger partial charge in [-0.2, -0.15) is 0 Å². The minimum Gasteiger partial charge on any atom is -0.330 e. The Kier molecular flexibility index (Phi) is 5.16. The predicted octanol–water partition coefficient (Wildman–Crippen LogP) is 1.95. The van der Waals surface area contributed by atoms with Crippen molar-refractivity contribution < 1.29 is 4.79 Å². The van der Waals surface area contributed by atoms with Gasteiger partial charge in [0.2, 0.25) is 5.13 Å². The van der Waals surface area contributed by atoms with Crippen molar-refractivity contribution in [2.24, 2.45) is 11.7 Å². The fourth-order valence-corrected chi connectivity index (χ4v) is 3.29. The summed E-state index contributed by atoms with van der Waals surface area (Å²) in [4.78, 5) is 16.2. The highest BCUT2D eigenvalue weighted by atomic mass is 32.1. The fourth-order valence-electron chi connectivity index (χ4n) is 1.55. The largest absolute Gasteiger partial charge is 0.330 e. The number of nitrogens with two attached hydrogens (primary N) is 1. The number of carbonyl (C=O) groups is 1. The molecular weight excluding hydrogens is 294 g/mol. The molecular formula is C12H17N5OS2. The van der Waals surface area contributed by atoms with Crippen LogP contribution >= 0.6 is 22.7 Å². The number of thiazole rings is 1. The van der Waals surface area contributed by atoms with Crippen LogP contribution in [0.2, 0.25) is 0 Å². The Labute approximate surface area is 125 Å². The van der Waals surface area contributed by atoms with E-state index in [0.717, 1.165) is 16.4 Å². The van der Waals surface area contributed by atoms with Crippen molar-refractivity contribution >= 4 is 33.7 Å². The van der Waals surface area contributed by atoms with Gasteiger partial charge in [0.05, 0.1) is 5.01 Å². The molecule has 8 heteroatoms. The minimum absolute atomic E-state index is 0.253. The van der Waals surface area contributed by atoms with Crippen molar-refractivity contribution in [1.82, 2.24) is 15.2 Å². The van der Waals surface area contributed by atoms with E-state index in [0.29, 0.717) is 29.7 Å². The standard InChI is InChI=1S/C12H17N5OS2/c1-7(2)5-10-16-17-12(20-10)15-11(18)8-6-19-9(14-8)3-4-13/h6-7H,3-5,13H2,1-2H3,(H,15,17,18). The summed E-state index contributed by atoms with van der Waals surface area (Å²) < 4.78 is 0. The van der Waals surface area contributed by atoms with Gasteiger partial charge >= 0.3 is 0 Å². The van der Waals surface area contributed by atoms with Crippen LogP contribution in [-0.4, -0.2) is 27.6 Å². The van der Waals surface area contributed by atoms with E-state index in [4.69, 9.17) is 5.73 Å². The molecule has 2 heterocycles. The third-order valence-electron chi connectivity index (χ3n) is 2.41. The molecule has 20 heavy (non-hydrogen) atoms. The van der Waals surface area contributed by atoms with Crippen LogP contribution in [0.1, 0.15) is 34.4 Å². The summed E-state index contributed by atoms with van der Waals surface area (Å²) in [5.41, 5.74) is 5.86. The average molecular weight is 311 g/mol. The number of anilines is 1. The lowest BCUT2D eigenvalue weighted by atomic mass is 10.1. The first kappa shape index (κ1) is 15.0. The molecule has 0 aromatic carbocycles. The van der Waals surface area contributed by atoms with E-state index in [2.05, 4.69) is 34.3 Å². The smallest absolute Gasteiger partial charge is 0.276 e. The van der Waals surface area contributed by atoms with E-state index in [9.17, 15) is 4.79 Å². The van der Waals surface area contributed by atoms with E-state index in [1.807, 2.05) is 0 Å². The molecule has 0 saturated carbocycles. The van der Waals surface area contributed by atoms with E-state index in [1.54, 1.807) is 5.38 Å². The topological polar surface area (TPSA) is 93.8 Å². The van der Waals surface area contributed by atoms with Crippen molar-refractivity contribution in [3.63, 3.8) is 0 Å². The highest BCUT2D eigenvalue weighted by Crippen LogP contribution is 2.19. The normalized spacial score (nSPS) is 11.0.